The van der Waals surface area contributed by atoms with Crippen molar-refractivity contribution in [1.82, 2.24) is 0 Å². The molecule has 0 aromatic heterocycles. The van der Waals surface area contributed by atoms with E-state index in [0.717, 1.165) is 12.3 Å². The Kier molecular flexibility index (Phi) is 3.80. The van der Waals surface area contributed by atoms with E-state index in [1.54, 1.807) is 0 Å². The Balaban J connectivity index is 2.68. The molecule has 0 bridgehead atoms. The average molecular weight is 261 g/mol. The summed E-state index contributed by atoms with van der Waals surface area (Å²) < 4.78 is 6.17. The summed E-state index contributed by atoms with van der Waals surface area (Å²) in [6.07, 6.45) is 0.260. The zero-order valence-electron chi connectivity index (χ0n) is 13.4. The SMILES string of the molecule is Cc1cc(C(C)C)c2c(c1C)O[C@@H](C)CN2C(C)C. The molecule has 0 radical (unpaired) electrons. The highest BCUT2D eigenvalue weighted by Gasteiger charge is 2.30. The topological polar surface area (TPSA) is 12.5 Å². The van der Waals surface area contributed by atoms with E-state index in [-0.39, 0.29) is 6.10 Å². The highest BCUT2D eigenvalue weighted by Crippen LogP contribution is 2.44. The molecule has 1 aromatic rings. The number of anilines is 1. The third-order valence-corrected chi connectivity index (χ3v) is 4.10. The van der Waals surface area contributed by atoms with Crippen LogP contribution in [0, 0.1) is 13.8 Å². The molecule has 1 atom stereocenters. The van der Waals surface area contributed by atoms with Crippen molar-refractivity contribution in [3.05, 3.63) is 22.8 Å². The van der Waals surface area contributed by atoms with Gasteiger partial charge in [-0.25, -0.2) is 0 Å². The van der Waals surface area contributed by atoms with Crippen LogP contribution in [-0.2, 0) is 0 Å². The van der Waals surface area contributed by atoms with Crippen LogP contribution in [-0.4, -0.2) is 18.7 Å². The fourth-order valence-corrected chi connectivity index (χ4v) is 2.85. The number of benzene rings is 1. The molecular formula is C17H27NO. The first-order valence-corrected chi connectivity index (χ1v) is 7.40. The zero-order valence-corrected chi connectivity index (χ0v) is 13.4. The van der Waals surface area contributed by atoms with Gasteiger partial charge in [0.1, 0.15) is 11.9 Å². The van der Waals surface area contributed by atoms with Crippen molar-refractivity contribution in [2.24, 2.45) is 0 Å². The Morgan fingerprint density at radius 3 is 2.37 bits per heavy atom. The van der Waals surface area contributed by atoms with Crippen molar-refractivity contribution < 1.29 is 4.74 Å². The minimum absolute atomic E-state index is 0.260. The summed E-state index contributed by atoms with van der Waals surface area (Å²) in [5, 5.41) is 0. The van der Waals surface area contributed by atoms with E-state index in [1.165, 1.54) is 22.4 Å². The Bertz CT molecular complexity index is 477. The number of hydrogen-bond donors (Lipinski definition) is 0. The molecule has 1 heterocycles. The highest BCUT2D eigenvalue weighted by molar-refractivity contribution is 5.71. The largest absolute Gasteiger partial charge is 0.486 e. The van der Waals surface area contributed by atoms with Gasteiger partial charge in [0.05, 0.1) is 12.2 Å². The van der Waals surface area contributed by atoms with Gasteiger partial charge in [0, 0.05) is 6.04 Å². The molecule has 106 valence electrons. The average Bonchev–Trinajstić information content (AvgIpc) is 2.32. The maximum absolute atomic E-state index is 6.17. The second kappa shape index (κ2) is 5.07. The summed E-state index contributed by atoms with van der Waals surface area (Å²) in [5.74, 6) is 1.63. The number of aryl methyl sites for hydroxylation is 1. The van der Waals surface area contributed by atoms with Gasteiger partial charge in [0.15, 0.2) is 0 Å². The van der Waals surface area contributed by atoms with Crippen LogP contribution in [0.2, 0.25) is 0 Å². The van der Waals surface area contributed by atoms with Gasteiger partial charge in [0.2, 0.25) is 0 Å². The number of ether oxygens (including phenoxy) is 1. The molecule has 1 aliphatic heterocycles. The predicted octanol–water partition coefficient (Wildman–Crippen LogP) is 4.42. The van der Waals surface area contributed by atoms with Gasteiger partial charge in [-0.05, 0) is 57.2 Å². The highest BCUT2D eigenvalue weighted by atomic mass is 16.5. The van der Waals surface area contributed by atoms with E-state index in [1.807, 2.05) is 0 Å². The smallest absolute Gasteiger partial charge is 0.146 e. The first kappa shape index (κ1) is 14.2. The molecule has 0 aliphatic carbocycles. The van der Waals surface area contributed by atoms with Crippen LogP contribution in [0.25, 0.3) is 0 Å². The van der Waals surface area contributed by atoms with Crippen LogP contribution in [0.1, 0.15) is 57.2 Å². The fourth-order valence-electron chi connectivity index (χ4n) is 2.85. The first-order chi connectivity index (χ1) is 8.82. The number of hydrogen-bond acceptors (Lipinski definition) is 2. The lowest BCUT2D eigenvalue weighted by Gasteiger charge is -2.40. The summed E-state index contributed by atoms with van der Waals surface area (Å²) in [6.45, 7) is 16.6. The minimum atomic E-state index is 0.260. The van der Waals surface area contributed by atoms with Gasteiger partial charge >= 0.3 is 0 Å². The van der Waals surface area contributed by atoms with E-state index in [9.17, 15) is 0 Å². The fraction of sp³-hybridized carbons (Fsp3) is 0.647. The number of fused-ring (bicyclic) bond motifs is 1. The van der Waals surface area contributed by atoms with Crippen molar-refractivity contribution in [3.63, 3.8) is 0 Å². The van der Waals surface area contributed by atoms with E-state index in [2.05, 4.69) is 59.4 Å². The minimum Gasteiger partial charge on any atom is -0.486 e. The molecule has 0 spiro atoms. The molecule has 0 fully saturated rings. The Hall–Kier alpha value is -1.18. The zero-order chi connectivity index (χ0) is 14.3. The van der Waals surface area contributed by atoms with Gasteiger partial charge < -0.3 is 9.64 Å². The maximum Gasteiger partial charge on any atom is 0.146 e. The molecule has 19 heavy (non-hydrogen) atoms. The molecule has 1 aliphatic rings. The molecule has 0 amide bonds. The van der Waals surface area contributed by atoms with Crippen LogP contribution in [0.15, 0.2) is 6.07 Å². The lowest BCUT2D eigenvalue weighted by Crippen LogP contribution is -2.43. The summed E-state index contributed by atoms with van der Waals surface area (Å²) in [5.41, 5.74) is 5.36. The van der Waals surface area contributed by atoms with E-state index < -0.39 is 0 Å². The summed E-state index contributed by atoms with van der Waals surface area (Å²) in [4.78, 5) is 2.51. The Morgan fingerprint density at radius 1 is 1.21 bits per heavy atom. The Morgan fingerprint density at radius 2 is 1.84 bits per heavy atom. The van der Waals surface area contributed by atoms with Crippen LogP contribution in [0.3, 0.4) is 0 Å². The molecule has 1 aromatic carbocycles. The van der Waals surface area contributed by atoms with Crippen molar-refractivity contribution in [3.8, 4) is 5.75 Å². The van der Waals surface area contributed by atoms with Crippen LogP contribution in [0.5, 0.6) is 5.75 Å². The van der Waals surface area contributed by atoms with E-state index in [4.69, 9.17) is 4.74 Å². The van der Waals surface area contributed by atoms with Gasteiger partial charge in [-0.15, -0.1) is 0 Å². The third-order valence-electron chi connectivity index (χ3n) is 4.10. The van der Waals surface area contributed by atoms with Gasteiger partial charge in [-0.1, -0.05) is 19.9 Å². The second-order valence-electron chi connectivity index (χ2n) is 6.41. The van der Waals surface area contributed by atoms with Crippen LogP contribution >= 0.6 is 0 Å². The van der Waals surface area contributed by atoms with Crippen molar-refractivity contribution >= 4 is 5.69 Å². The normalized spacial score (nSPS) is 18.8. The number of nitrogens with zero attached hydrogens (tertiary/aromatic N) is 1. The molecule has 2 heteroatoms. The molecule has 0 N–H and O–H groups in total. The predicted molar refractivity (Wildman–Crippen MR) is 82.6 cm³/mol. The van der Waals surface area contributed by atoms with E-state index >= 15 is 0 Å². The lowest BCUT2D eigenvalue weighted by molar-refractivity contribution is 0.207. The summed E-state index contributed by atoms with van der Waals surface area (Å²) in [6, 6.07) is 2.85. The molecule has 0 saturated heterocycles. The monoisotopic (exact) mass is 261 g/mol. The molecular weight excluding hydrogens is 234 g/mol. The molecule has 2 rings (SSSR count). The quantitative estimate of drug-likeness (QED) is 0.781. The maximum atomic E-state index is 6.17. The second-order valence-corrected chi connectivity index (χ2v) is 6.41. The molecule has 0 saturated carbocycles. The third kappa shape index (κ3) is 2.45. The van der Waals surface area contributed by atoms with Gasteiger partial charge in [-0.3, -0.25) is 0 Å². The molecule has 0 unspecified atom stereocenters. The van der Waals surface area contributed by atoms with Crippen LogP contribution < -0.4 is 9.64 Å². The Labute approximate surface area is 117 Å². The van der Waals surface area contributed by atoms with E-state index in [0.29, 0.717) is 12.0 Å². The summed E-state index contributed by atoms with van der Waals surface area (Å²) >= 11 is 0. The first-order valence-electron chi connectivity index (χ1n) is 7.40. The lowest BCUT2D eigenvalue weighted by atomic mass is 9.92. The number of rotatable bonds is 2. The summed E-state index contributed by atoms with van der Waals surface area (Å²) in [7, 11) is 0. The molecule has 2 nitrogen and oxygen atoms in total. The van der Waals surface area contributed by atoms with Crippen molar-refractivity contribution in [2.75, 3.05) is 11.4 Å². The van der Waals surface area contributed by atoms with Crippen molar-refractivity contribution in [2.45, 2.75) is 66.5 Å². The van der Waals surface area contributed by atoms with Crippen LogP contribution in [0.4, 0.5) is 5.69 Å². The standard InChI is InChI=1S/C17H27NO/c1-10(2)15-8-12(5)14(7)17-16(15)18(11(3)4)9-13(6)19-17/h8,10-11,13H,9H2,1-7H3/t13-/m0/s1. The van der Waals surface area contributed by atoms with Crippen molar-refractivity contribution in [1.29, 1.82) is 0 Å². The van der Waals surface area contributed by atoms with Gasteiger partial charge in [-0.2, -0.15) is 0 Å². The van der Waals surface area contributed by atoms with Gasteiger partial charge in [0.25, 0.3) is 0 Å².